The zero-order valence-corrected chi connectivity index (χ0v) is 10.1. The van der Waals surface area contributed by atoms with Crippen molar-refractivity contribution in [1.82, 2.24) is 5.48 Å². The third-order valence-corrected chi connectivity index (χ3v) is 2.29. The number of halogens is 3. The number of amides is 2. The number of carbonyl (C=O) groups excluding carboxylic acids is 2. The molecule has 0 aliphatic carbocycles. The van der Waals surface area contributed by atoms with E-state index in [1.807, 2.05) is 0 Å². The summed E-state index contributed by atoms with van der Waals surface area (Å²) in [6, 6.07) is 3.29. The third-order valence-electron chi connectivity index (χ3n) is 2.29. The maximum absolute atomic E-state index is 12.6. The highest BCUT2D eigenvalue weighted by molar-refractivity contribution is 6.39. The monoisotopic (exact) mass is 276 g/mol. The van der Waals surface area contributed by atoms with Crippen molar-refractivity contribution in [3.05, 3.63) is 29.3 Å². The highest BCUT2D eigenvalue weighted by Gasteiger charge is 2.33. The van der Waals surface area contributed by atoms with E-state index in [1.54, 1.807) is 5.48 Å². The summed E-state index contributed by atoms with van der Waals surface area (Å²) >= 11 is 0. The van der Waals surface area contributed by atoms with E-state index in [1.165, 1.54) is 13.0 Å². The summed E-state index contributed by atoms with van der Waals surface area (Å²) in [6.07, 6.45) is -4.53. The number of nitrogens with one attached hydrogen (secondary N) is 2. The minimum absolute atomic E-state index is 0.0916. The van der Waals surface area contributed by atoms with Gasteiger partial charge in [-0.25, -0.2) is 5.48 Å². The Morgan fingerprint density at radius 2 is 1.84 bits per heavy atom. The zero-order valence-electron chi connectivity index (χ0n) is 10.1. The van der Waals surface area contributed by atoms with E-state index in [2.05, 4.69) is 10.2 Å². The van der Waals surface area contributed by atoms with Crippen molar-refractivity contribution in [3.8, 4) is 0 Å². The molecule has 0 spiro atoms. The average molecular weight is 276 g/mol. The lowest BCUT2D eigenvalue weighted by atomic mass is 10.1. The van der Waals surface area contributed by atoms with Crippen LogP contribution in [0.4, 0.5) is 18.9 Å². The van der Waals surface area contributed by atoms with Gasteiger partial charge in [0.25, 0.3) is 0 Å². The fourth-order valence-electron chi connectivity index (χ4n) is 1.40. The molecule has 0 fully saturated rings. The van der Waals surface area contributed by atoms with Gasteiger partial charge in [0.05, 0.1) is 12.7 Å². The van der Waals surface area contributed by atoms with Gasteiger partial charge < -0.3 is 5.32 Å². The second-order valence-electron chi connectivity index (χ2n) is 3.57. The predicted molar refractivity (Wildman–Crippen MR) is 60.0 cm³/mol. The fraction of sp³-hybridized carbons (Fsp3) is 0.273. The Kier molecular flexibility index (Phi) is 4.49. The van der Waals surface area contributed by atoms with Crippen molar-refractivity contribution >= 4 is 17.5 Å². The lowest BCUT2D eigenvalue weighted by molar-refractivity contribution is -0.142. The first-order valence-electron chi connectivity index (χ1n) is 5.08. The summed E-state index contributed by atoms with van der Waals surface area (Å²) in [4.78, 5) is 26.6. The second-order valence-corrected chi connectivity index (χ2v) is 3.57. The van der Waals surface area contributed by atoms with Crippen LogP contribution in [0.25, 0.3) is 0 Å². The molecule has 2 N–H and O–H groups in total. The molecular weight excluding hydrogens is 265 g/mol. The molecule has 0 radical (unpaired) electrons. The van der Waals surface area contributed by atoms with Crippen molar-refractivity contribution < 1.29 is 27.6 Å². The van der Waals surface area contributed by atoms with Crippen LogP contribution >= 0.6 is 0 Å². The van der Waals surface area contributed by atoms with Crippen molar-refractivity contribution in [2.75, 3.05) is 12.4 Å². The van der Waals surface area contributed by atoms with Gasteiger partial charge in [0.1, 0.15) is 0 Å². The fourth-order valence-corrected chi connectivity index (χ4v) is 1.40. The van der Waals surface area contributed by atoms with Crippen LogP contribution in [0.5, 0.6) is 0 Å². The minimum Gasteiger partial charge on any atom is -0.317 e. The van der Waals surface area contributed by atoms with Crippen LogP contribution in [-0.4, -0.2) is 18.9 Å². The van der Waals surface area contributed by atoms with Crippen LogP contribution in [0.15, 0.2) is 18.2 Å². The molecule has 1 aromatic carbocycles. The Morgan fingerprint density at radius 1 is 1.21 bits per heavy atom. The number of alkyl halides is 3. The maximum atomic E-state index is 12.6. The molecule has 0 aliphatic rings. The SMILES string of the molecule is CONC(=O)C(=O)Nc1cccc(C(F)(F)F)c1C. The first-order chi connectivity index (χ1) is 8.77. The van der Waals surface area contributed by atoms with Gasteiger partial charge in [-0.3, -0.25) is 14.4 Å². The lowest BCUT2D eigenvalue weighted by Crippen LogP contribution is -2.34. The van der Waals surface area contributed by atoms with E-state index in [4.69, 9.17) is 0 Å². The van der Waals surface area contributed by atoms with Gasteiger partial charge >= 0.3 is 18.0 Å². The average Bonchev–Trinajstić information content (AvgIpc) is 2.30. The van der Waals surface area contributed by atoms with Crippen molar-refractivity contribution in [2.45, 2.75) is 13.1 Å². The van der Waals surface area contributed by atoms with Crippen LogP contribution < -0.4 is 10.8 Å². The summed E-state index contributed by atoms with van der Waals surface area (Å²) in [5.74, 6) is -2.23. The molecule has 0 atom stereocenters. The van der Waals surface area contributed by atoms with E-state index >= 15 is 0 Å². The second kappa shape index (κ2) is 5.70. The van der Waals surface area contributed by atoms with Crippen molar-refractivity contribution in [3.63, 3.8) is 0 Å². The number of rotatable bonds is 2. The number of benzene rings is 1. The van der Waals surface area contributed by atoms with Gasteiger partial charge in [-0.1, -0.05) is 6.07 Å². The van der Waals surface area contributed by atoms with E-state index < -0.39 is 23.6 Å². The van der Waals surface area contributed by atoms with Gasteiger partial charge in [-0.2, -0.15) is 13.2 Å². The quantitative estimate of drug-likeness (QED) is 0.637. The summed E-state index contributed by atoms with van der Waals surface area (Å²) in [5.41, 5.74) is 0.615. The Morgan fingerprint density at radius 3 is 2.37 bits per heavy atom. The van der Waals surface area contributed by atoms with Gasteiger partial charge in [0.2, 0.25) is 0 Å². The largest absolute Gasteiger partial charge is 0.416 e. The van der Waals surface area contributed by atoms with Gasteiger partial charge in [-0.15, -0.1) is 0 Å². The first kappa shape index (κ1) is 15.0. The topological polar surface area (TPSA) is 67.4 Å². The van der Waals surface area contributed by atoms with Crippen LogP contribution in [0, 0.1) is 6.92 Å². The number of hydroxylamine groups is 1. The smallest absolute Gasteiger partial charge is 0.317 e. The molecule has 0 aliphatic heterocycles. The third kappa shape index (κ3) is 3.68. The number of carbonyl (C=O) groups is 2. The molecule has 5 nitrogen and oxygen atoms in total. The summed E-state index contributed by atoms with van der Waals surface area (Å²) in [7, 11) is 1.13. The standard InChI is InChI=1S/C11H11F3N2O3/c1-6-7(11(12,13)14)4-3-5-8(6)15-9(17)10(18)16-19-2/h3-5H,1-2H3,(H,15,17)(H,16,18). The zero-order chi connectivity index (χ0) is 14.6. The van der Waals surface area contributed by atoms with Crippen LogP contribution in [0.2, 0.25) is 0 Å². The molecule has 104 valence electrons. The highest BCUT2D eigenvalue weighted by Crippen LogP contribution is 2.34. The Hall–Kier alpha value is -2.09. The van der Waals surface area contributed by atoms with Gasteiger partial charge in [-0.05, 0) is 24.6 Å². The molecule has 0 saturated heterocycles. The van der Waals surface area contributed by atoms with Crippen LogP contribution in [0.3, 0.4) is 0 Å². The van der Waals surface area contributed by atoms with Crippen LogP contribution in [-0.2, 0) is 20.6 Å². The van der Waals surface area contributed by atoms with Crippen molar-refractivity contribution in [2.24, 2.45) is 0 Å². The van der Waals surface area contributed by atoms with E-state index in [-0.39, 0.29) is 11.3 Å². The molecule has 2 amide bonds. The maximum Gasteiger partial charge on any atom is 0.416 e. The predicted octanol–water partition coefficient (Wildman–Crippen LogP) is 1.63. The first-order valence-corrected chi connectivity index (χ1v) is 5.08. The van der Waals surface area contributed by atoms with E-state index in [9.17, 15) is 22.8 Å². The Labute approximate surface area is 106 Å². The number of hydrogen-bond acceptors (Lipinski definition) is 3. The lowest BCUT2D eigenvalue weighted by Gasteiger charge is -2.14. The summed E-state index contributed by atoms with van der Waals surface area (Å²) < 4.78 is 37.9. The molecule has 1 rings (SSSR count). The molecule has 0 heterocycles. The molecule has 0 aromatic heterocycles. The number of hydrogen-bond donors (Lipinski definition) is 2. The summed E-state index contributed by atoms with van der Waals surface area (Å²) in [5, 5.41) is 2.08. The minimum atomic E-state index is -4.53. The van der Waals surface area contributed by atoms with Gasteiger partial charge in [0.15, 0.2) is 0 Å². The molecular formula is C11H11F3N2O3. The van der Waals surface area contributed by atoms with E-state index in [0.29, 0.717) is 0 Å². The van der Waals surface area contributed by atoms with Gasteiger partial charge in [0, 0.05) is 5.69 Å². The normalized spacial score (nSPS) is 11.0. The molecule has 19 heavy (non-hydrogen) atoms. The summed E-state index contributed by atoms with van der Waals surface area (Å²) in [6.45, 7) is 1.20. The Bertz CT molecular complexity index is 500. The Balaban J connectivity index is 2.98. The molecule has 0 saturated carbocycles. The number of anilines is 1. The molecule has 0 bridgehead atoms. The van der Waals surface area contributed by atoms with Crippen LogP contribution in [0.1, 0.15) is 11.1 Å². The van der Waals surface area contributed by atoms with E-state index in [0.717, 1.165) is 19.2 Å². The van der Waals surface area contributed by atoms with Crippen molar-refractivity contribution in [1.29, 1.82) is 0 Å². The molecule has 8 heteroatoms. The molecule has 1 aromatic rings. The molecule has 0 unspecified atom stereocenters. The highest BCUT2D eigenvalue weighted by atomic mass is 19.4.